The number of fused-ring (bicyclic) bond motifs is 4. The summed E-state index contributed by atoms with van der Waals surface area (Å²) in [6, 6.07) is 0.235. The molecule has 4 aliphatic rings. The summed E-state index contributed by atoms with van der Waals surface area (Å²) in [4.78, 5) is 11.7. The Morgan fingerprint density at radius 2 is 1.25 bits per heavy atom. The first kappa shape index (κ1) is 24.5. The van der Waals surface area contributed by atoms with Crippen molar-refractivity contribution in [3.8, 4) is 0 Å². The second kappa shape index (κ2) is 7.68. The molecule has 4 fully saturated rings. The SMILES string of the molecule is CC1(C)[C@H]2CC[C@@]1(C)[C@H](NC(N[C@@H]1C[C@@H]3CC[C@]1(C)C3(C)C)=C(C(Cl)=C(Cl)Cl)[N+](=O)[O-])C2. The van der Waals surface area contributed by atoms with E-state index >= 15 is 0 Å². The highest BCUT2D eigenvalue weighted by atomic mass is 35.5. The van der Waals surface area contributed by atoms with Crippen molar-refractivity contribution >= 4 is 34.8 Å². The summed E-state index contributed by atoms with van der Waals surface area (Å²) in [5.41, 5.74) is 0.180. The van der Waals surface area contributed by atoms with Crippen LogP contribution in [0.1, 0.15) is 80.1 Å². The summed E-state index contributed by atoms with van der Waals surface area (Å²) in [7, 11) is 0. The van der Waals surface area contributed by atoms with Crippen molar-refractivity contribution in [2.75, 3.05) is 0 Å². The van der Waals surface area contributed by atoms with E-state index < -0.39 is 4.92 Å². The van der Waals surface area contributed by atoms with Crippen molar-refractivity contribution in [3.05, 3.63) is 31.2 Å². The average Bonchev–Trinajstić information content (AvgIpc) is 3.19. The number of nitrogens with zero attached hydrogens (tertiary/aromatic N) is 1. The summed E-state index contributed by atoms with van der Waals surface area (Å²) < 4.78 is -0.293. The van der Waals surface area contributed by atoms with E-state index in [-0.39, 0.29) is 49.0 Å². The van der Waals surface area contributed by atoms with E-state index in [4.69, 9.17) is 34.8 Å². The molecule has 0 aromatic rings. The third-order valence-electron chi connectivity index (χ3n) is 11.0. The normalized spacial score (nSPS) is 40.3. The van der Waals surface area contributed by atoms with Crippen LogP contribution in [-0.2, 0) is 0 Å². The van der Waals surface area contributed by atoms with Gasteiger partial charge in [0.1, 0.15) is 4.49 Å². The highest BCUT2D eigenvalue weighted by molar-refractivity contribution is 6.59. The van der Waals surface area contributed by atoms with Gasteiger partial charge in [0.05, 0.1) is 4.92 Å². The van der Waals surface area contributed by atoms with Gasteiger partial charge in [0.2, 0.25) is 0 Å². The number of hydrogen-bond acceptors (Lipinski definition) is 4. The van der Waals surface area contributed by atoms with Gasteiger partial charge >= 0.3 is 5.70 Å². The highest BCUT2D eigenvalue weighted by Crippen LogP contribution is 2.67. The van der Waals surface area contributed by atoms with Gasteiger partial charge in [-0.05, 0) is 72.0 Å². The van der Waals surface area contributed by atoms with E-state index in [1.165, 1.54) is 12.8 Å². The van der Waals surface area contributed by atoms with Crippen molar-refractivity contribution < 1.29 is 4.92 Å². The van der Waals surface area contributed by atoms with Crippen LogP contribution in [-0.4, -0.2) is 17.0 Å². The van der Waals surface area contributed by atoms with Crippen molar-refractivity contribution in [1.82, 2.24) is 10.6 Å². The highest BCUT2D eigenvalue weighted by Gasteiger charge is 2.63. The molecule has 6 atom stereocenters. The predicted octanol–water partition coefficient (Wildman–Crippen LogP) is 6.93. The summed E-state index contributed by atoms with van der Waals surface area (Å²) in [5, 5.41) is 19.1. The van der Waals surface area contributed by atoms with Crippen LogP contribution < -0.4 is 10.6 Å². The van der Waals surface area contributed by atoms with Gasteiger partial charge in [-0.3, -0.25) is 10.1 Å². The number of hydrogen-bond donors (Lipinski definition) is 2. The molecule has 0 amide bonds. The zero-order valence-electron chi connectivity index (χ0n) is 19.9. The van der Waals surface area contributed by atoms with Gasteiger partial charge in [0, 0.05) is 12.1 Å². The maximum Gasteiger partial charge on any atom is 0.329 e. The first-order valence-corrected chi connectivity index (χ1v) is 12.9. The maximum absolute atomic E-state index is 12.2. The van der Waals surface area contributed by atoms with Crippen LogP contribution in [0.2, 0.25) is 0 Å². The summed E-state index contributed by atoms with van der Waals surface area (Å²) in [5.74, 6) is 1.57. The fourth-order valence-electron chi connectivity index (χ4n) is 7.74. The summed E-state index contributed by atoms with van der Waals surface area (Å²) >= 11 is 18.2. The van der Waals surface area contributed by atoms with Crippen molar-refractivity contribution in [3.63, 3.8) is 0 Å². The Bertz CT molecular complexity index is 847. The minimum absolute atomic E-state index is 0.0467. The second-order valence-electron chi connectivity index (χ2n) is 12.2. The van der Waals surface area contributed by atoms with Gasteiger partial charge in [0.25, 0.3) is 0 Å². The molecule has 0 spiro atoms. The molecule has 4 bridgehead atoms. The molecule has 2 N–H and O–H groups in total. The Kier molecular flexibility index (Phi) is 5.87. The van der Waals surface area contributed by atoms with Crippen LogP contribution in [0.3, 0.4) is 0 Å². The summed E-state index contributed by atoms with van der Waals surface area (Å²) in [6.07, 6.45) is 6.62. The fourth-order valence-corrected chi connectivity index (χ4v) is 8.08. The quantitative estimate of drug-likeness (QED) is 0.234. The van der Waals surface area contributed by atoms with Crippen molar-refractivity contribution in [2.24, 2.45) is 33.5 Å². The number of allylic oxidation sites excluding steroid dienone is 1. The monoisotopic (exact) mass is 503 g/mol. The zero-order valence-corrected chi connectivity index (χ0v) is 22.2. The average molecular weight is 505 g/mol. The van der Waals surface area contributed by atoms with E-state index in [0.29, 0.717) is 17.7 Å². The van der Waals surface area contributed by atoms with E-state index in [1.54, 1.807) is 0 Å². The van der Waals surface area contributed by atoms with Crippen LogP contribution in [0, 0.1) is 43.6 Å². The topological polar surface area (TPSA) is 67.2 Å². The van der Waals surface area contributed by atoms with Gasteiger partial charge in [0.15, 0.2) is 10.9 Å². The molecular formula is C24H36Cl3N3O2. The lowest BCUT2D eigenvalue weighted by Gasteiger charge is -2.42. The standard InChI is InChI=1S/C24H36Cl3N3O2/c1-21(2)13-7-9-23(21,5)15(11-13)28-20(18(30(31)32)17(25)19(26)27)29-16-12-14-8-10-24(16,6)22(14,3)4/h13-16,28-29H,7-12H2,1-6H3/t13-,14-,15+,16+,23-,24-/m0/s1. The molecule has 0 aromatic carbocycles. The molecule has 4 aliphatic carbocycles. The van der Waals surface area contributed by atoms with Crippen LogP contribution in [0.5, 0.6) is 0 Å². The Morgan fingerprint density at radius 3 is 1.50 bits per heavy atom. The van der Waals surface area contributed by atoms with Gasteiger partial charge in [-0.25, -0.2) is 0 Å². The molecular weight excluding hydrogens is 469 g/mol. The molecule has 180 valence electrons. The Morgan fingerprint density at radius 1 is 0.844 bits per heavy atom. The molecule has 0 unspecified atom stereocenters. The summed E-state index contributed by atoms with van der Waals surface area (Å²) in [6.45, 7) is 14.0. The maximum atomic E-state index is 12.2. The molecule has 32 heavy (non-hydrogen) atoms. The van der Waals surface area contributed by atoms with Crippen LogP contribution in [0.4, 0.5) is 0 Å². The minimum atomic E-state index is -0.468. The molecule has 4 rings (SSSR count). The van der Waals surface area contributed by atoms with E-state index in [0.717, 1.165) is 25.7 Å². The number of nitrogens with one attached hydrogen (secondary N) is 2. The Labute approximate surface area is 206 Å². The second-order valence-corrected chi connectivity index (χ2v) is 13.5. The molecule has 0 heterocycles. The van der Waals surface area contributed by atoms with E-state index in [1.807, 2.05) is 0 Å². The lowest BCUT2D eigenvalue weighted by atomic mass is 9.69. The van der Waals surface area contributed by atoms with Crippen LogP contribution in [0.15, 0.2) is 21.0 Å². The van der Waals surface area contributed by atoms with Gasteiger partial charge in [-0.15, -0.1) is 0 Å². The van der Waals surface area contributed by atoms with Gasteiger partial charge in [-0.2, -0.15) is 0 Å². The first-order valence-electron chi connectivity index (χ1n) is 11.8. The fraction of sp³-hybridized carbons (Fsp3) is 0.833. The number of nitro groups is 1. The molecule has 8 heteroatoms. The third kappa shape index (κ3) is 3.24. The molecule has 0 saturated heterocycles. The molecule has 0 aromatic heterocycles. The molecule has 4 saturated carbocycles. The van der Waals surface area contributed by atoms with E-state index in [9.17, 15) is 10.1 Å². The van der Waals surface area contributed by atoms with E-state index in [2.05, 4.69) is 52.2 Å². The van der Waals surface area contributed by atoms with Crippen LogP contribution in [0.25, 0.3) is 0 Å². The number of rotatable bonds is 6. The van der Waals surface area contributed by atoms with Gasteiger partial charge < -0.3 is 10.6 Å². The molecule has 5 nitrogen and oxygen atoms in total. The Balaban J connectivity index is 1.73. The zero-order chi connectivity index (χ0) is 23.9. The van der Waals surface area contributed by atoms with Crippen LogP contribution >= 0.6 is 34.8 Å². The largest absolute Gasteiger partial charge is 0.363 e. The predicted molar refractivity (Wildman–Crippen MR) is 131 cm³/mol. The lowest BCUT2D eigenvalue weighted by molar-refractivity contribution is -0.421. The smallest absolute Gasteiger partial charge is 0.329 e. The molecule has 0 aliphatic heterocycles. The Hall–Kier alpha value is -0.650. The van der Waals surface area contributed by atoms with Crippen molar-refractivity contribution in [1.29, 1.82) is 0 Å². The number of halogens is 3. The van der Waals surface area contributed by atoms with Crippen molar-refractivity contribution in [2.45, 2.75) is 92.2 Å². The first-order chi connectivity index (χ1) is 14.7. The lowest BCUT2D eigenvalue weighted by Crippen LogP contribution is -2.51. The molecule has 0 radical (unpaired) electrons. The third-order valence-corrected chi connectivity index (χ3v) is 12.0. The van der Waals surface area contributed by atoms with Gasteiger partial charge in [-0.1, -0.05) is 76.3 Å². The minimum Gasteiger partial charge on any atom is -0.363 e.